The first kappa shape index (κ1) is 17.6. The highest BCUT2D eigenvalue weighted by Gasteiger charge is 2.10. The molecule has 0 bridgehead atoms. The fourth-order valence-electron chi connectivity index (χ4n) is 2.94. The molecule has 0 aliphatic heterocycles. The van der Waals surface area contributed by atoms with E-state index in [1.54, 1.807) is 24.3 Å². The van der Waals surface area contributed by atoms with Crippen LogP contribution < -0.4 is 10.6 Å². The van der Waals surface area contributed by atoms with Gasteiger partial charge in [0.25, 0.3) is 5.91 Å². The Bertz CT molecular complexity index is 853. The minimum Gasteiger partial charge on any atom is -0.350 e. The molecule has 26 heavy (non-hydrogen) atoms. The lowest BCUT2D eigenvalue weighted by Crippen LogP contribution is -2.26. The molecule has 0 spiro atoms. The molecule has 6 nitrogen and oxygen atoms in total. The van der Waals surface area contributed by atoms with Crippen LogP contribution >= 0.6 is 0 Å². The van der Waals surface area contributed by atoms with Crippen LogP contribution in [0.4, 0.5) is 11.5 Å². The number of rotatable bonds is 6. The third kappa shape index (κ3) is 4.67. The fraction of sp³-hybridized carbons (Fsp3) is 0.300. The molecular weight excluding hydrogens is 326 g/mol. The van der Waals surface area contributed by atoms with Gasteiger partial charge in [0, 0.05) is 12.6 Å². The normalized spacial score (nSPS) is 13.4. The van der Waals surface area contributed by atoms with Crippen LogP contribution in [0.1, 0.15) is 48.2 Å². The van der Waals surface area contributed by atoms with Crippen molar-refractivity contribution >= 4 is 17.4 Å². The number of amides is 1. The molecule has 2 N–H and O–H groups in total. The van der Waals surface area contributed by atoms with Crippen molar-refractivity contribution in [2.75, 3.05) is 11.9 Å². The maximum Gasteiger partial charge on any atom is 0.270 e. The van der Waals surface area contributed by atoms with E-state index in [0.717, 1.165) is 19.3 Å². The SMILES string of the molecule is N#Cc1ccccc1Nc1cc(C(=O)NCCC2=CCCCC2)ncn1. The molecule has 132 valence electrons. The van der Waals surface area contributed by atoms with Crippen LogP contribution in [0.3, 0.4) is 0 Å². The Balaban J connectivity index is 1.60. The molecule has 0 saturated heterocycles. The molecule has 1 heterocycles. The monoisotopic (exact) mass is 347 g/mol. The van der Waals surface area contributed by atoms with Gasteiger partial charge in [-0.3, -0.25) is 4.79 Å². The molecule has 1 aromatic heterocycles. The number of nitrogens with zero attached hydrogens (tertiary/aromatic N) is 3. The van der Waals surface area contributed by atoms with Crippen molar-refractivity contribution in [3.8, 4) is 6.07 Å². The fourth-order valence-corrected chi connectivity index (χ4v) is 2.94. The number of para-hydroxylation sites is 1. The summed E-state index contributed by atoms with van der Waals surface area (Å²) in [5, 5.41) is 15.1. The van der Waals surface area contributed by atoms with Gasteiger partial charge >= 0.3 is 0 Å². The first-order valence-electron chi connectivity index (χ1n) is 8.80. The van der Waals surface area contributed by atoms with Gasteiger partial charge in [-0.05, 0) is 44.2 Å². The van der Waals surface area contributed by atoms with Crippen LogP contribution in [0.25, 0.3) is 0 Å². The van der Waals surface area contributed by atoms with E-state index in [-0.39, 0.29) is 5.91 Å². The molecule has 6 heteroatoms. The van der Waals surface area contributed by atoms with Gasteiger partial charge in [-0.25, -0.2) is 9.97 Å². The van der Waals surface area contributed by atoms with Gasteiger partial charge < -0.3 is 10.6 Å². The first-order chi connectivity index (χ1) is 12.8. The van der Waals surface area contributed by atoms with Crippen LogP contribution in [0.2, 0.25) is 0 Å². The molecule has 3 rings (SSSR count). The number of aromatic nitrogens is 2. The summed E-state index contributed by atoms with van der Waals surface area (Å²) in [6.45, 7) is 0.606. The van der Waals surface area contributed by atoms with Crippen molar-refractivity contribution in [1.29, 1.82) is 5.26 Å². The molecule has 1 aromatic carbocycles. The second kappa shape index (κ2) is 8.77. The molecular formula is C20H21N5O. The number of allylic oxidation sites excluding steroid dienone is 1. The van der Waals surface area contributed by atoms with E-state index in [1.165, 1.54) is 24.7 Å². The summed E-state index contributed by atoms with van der Waals surface area (Å²) < 4.78 is 0. The van der Waals surface area contributed by atoms with Gasteiger partial charge in [0.15, 0.2) is 0 Å². The van der Waals surface area contributed by atoms with Gasteiger partial charge in [0.2, 0.25) is 0 Å². The second-order valence-corrected chi connectivity index (χ2v) is 6.18. The number of nitriles is 1. The average molecular weight is 347 g/mol. The van der Waals surface area contributed by atoms with Crippen molar-refractivity contribution in [3.05, 3.63) is 59.6 Å². The molecule has 1 aliphatic carbocycles. The van der Waals surface area contributed by atoms with Crippen LogP contribution in [-0.4, -0.2) is 22.4 Å². The van der Waals surface area contributed by atoms with E-state index in [0.29, 0.717) is 29.3 Å². The predicted molar refractivity (Wildman–Crippen MR) is 100.0 cm³/mol. The summed E-state index contributed by atoms with van der Waals surface area (Å²) in [5.74, 6) is 0.253. The Labute approximate surface area is 153 Å². The molecule has 1 aliphatic rings. The Morgan fingerprint density at radius 2 is 2.12 bits per heavy atom. The lowest BCUT2D eigenvalue weighted by Gasteiger charge is -2.13. The van der Waals surface area contributed by atoms with Gasteiger partial charge in [-0.1, -0.05) is 23.8 Å². The maximum atomic E-state index is 12.3. The molecule has 0 unspecified atom stereocenters. The van der Waals surface area contributed by atoms with Crippen LogP contribution in [0.15, 0.2) is 48.3 Å². The minimum atomic E-state index is -0.222. The Kier molecular flexibility index (Phi) is 5.94. The number of hydrogen-bond donors (Lipinski definition) is 2. The lowest BCUT2D eigenvalue weighted by atomic mass is 9.97. The minimum absolute atomic E-state index is 0.222. The van der Waals surface area contributed by atoms with Gasteiger partial charge in [-0.15, -0.1) is 0 Å². The third-order valence-electron chi connectivity index (χ3n) is 4.33. The highest BCUT2D eigenvalue weighted by Crippen LogP contribution is 2.20. The predicted octanol–water partition coefficient (Wildman–Crippen LogP) is 3.71. The van der Waals surface area contributed by atoms with Gasteiger partial charge in [-0.2, -0.15) is 5.26 Å². The zero-order chi connectivity index (χ0) is 18.2. The highest BCUT2D eigenvalue weighted by atomic mass is 16.1. The smallest absolute Gasteiger partial charge is 0.270 e. The number of carbonyl (C=O) groups is 1. The zero-order valence-electron chi connectivity index (χ0n) is 14.5. The first-order valence-corrected chi connectivity index (χ1v) is 8.80. The van der Waals surface area contributed by atoms with E-state index < -0.39 is 0 Å². The Morgan fingerprint density at radius 1 is 1.23 bits per heavy atom. The van der Waals surface area contributed by atoms with Crippen LogP contribution in [0.5, 0.6) is 0 Å². The molecule has 0 radical (unpaired) electrons. The maximum absolute atomic E-state index is 12.3. The Morgan fingerprint density at radius 3 is 2.92 bits per heavy atom. The van der Waals surface area contributed by atoms with E-state index in [1.807, 2.05) is 6.07 Å². The zero-order valence-corrected chi connectivity index (χ0v) is 14.5. The summed E-state index contributed by atoms with van der Waals surface area (Å²) in [6, 6.07) is 10.8. The van der Waals surface area contributed by atoms with Crippen LogP contribution in [-0.2, 0) is 0 Å². The number of hydrogen-bond acceptors (Lipinski definition) is 5. The number of anilines is 2. The number of benzene rings is 1. The molecule has 0 atom stereocenters. The van der Waals surface area contributed by atoms with Gasteiger partial charge in [0.05, 0.1) is 11.3 Å². The van der Waals surface area contributed by atoms with Crippen molar-refractivity contribution in [3.63, 3.8) is 0 Å². The molecule has 2 aromatic rings. The average Bonchev–Trinajstić information content (AvgIpc) is 2.69. The topological polar surface area (TPSA) is 90.7 Å². The summed E-state index contributed by atoms with van der Waals surface area (Å²) in [4.78, 5) is 20.5. The summed E-state index contributed by atoms with van der Waals surface area (Å²) in [6.07, 6.45) is 9.30. The van der Waals surface area contributed by atoms with Crippen molar-refractivity contribution < 1.29 is 4.79 Å². The molecule has 0 fully saturated rings. The molecule has 1 amide bonds. The largest absolute Gasteiger partial charge is 0.350 e. The van der Waals surface area contributed by atoms with E-state index in [2.05, 4.69) is 32.7 Å². The third-order valence-corrected chi connectivity index (χ3v) is 4.33. The number of nitrogens with one attached hydrogen (secondary N) is 2. The summed E-state index contributed by atoms with van der Waals surface area (Å²) in [5.41, 5.74) is 2.88. The summed E-state index contributed by atoms with van der Waals surface area (Å²) >= 11 is 0. The second-order valence-electron chi connectivity index (χ2n) is 6.18. The summed E-state index contributed by atoms with van der Waals surface area (Å²) in [7, 11) is 0. The lowest BCUT2D eigenvalue weighted by molar-refractivity contribution is 0.0949. The highest BCUT2D eigenvalue weighted by molar-refractivity contribution is 5.93. The van der Waals surface area contributed by atoms with E-state index in [9.17, 15) is 4.79 Å². The van der Waals surface area contributed by atoms with Crippen molar-refractivity contribution in [2.24, 2.45) is 0 Å². The van der Waals surface area contributed by atoms with E-state index >= 15 is 0 Å². The number of carbonyl (C=O) groups excluding carboxylic acids is 1. The van der Waals surface area contributed by atoms with Crippen LogP contribution in [0, 0.1) is 11.3 Å². The van der Waals surface area contributed by atoms with Gasteiger partial charge in [0.1, 0.15) is 23.9 Å². The Hall–Kier alpha value is -3.20. The van der Waals surface area contributed by atoms with Crippen molar-refractivity contribution in [2.45, 2.75) is 32.1 Å². The van der Waals surface area contributed by atoms with E-state index in [4.69, 9.17) is 5.26 Å². The molecule has 0 saturated carbocycles. The standard InChI is InChI=1S/C20H21N5O/c21-13-16-8-4-5-9-17(16)25-19-12-18(23-14-24-19)20(26)22-11-10-15-6-2-1-3-7-15/h4-6,8-9,12,14H,1-3,7,10-11H2,(H,22,26)(H,23,24,25). The quantitative estimate of drug-likeness (QED) is 0.777. The van der Waals surface area contributed by atoms with Crippen molar-refractivity contribution in [1.82, 2.24) is 15.3 Å².